The number of hydrogen-bond donors (Lipinski definition) is 1. The summed E-state index contributed by atoms with van der Waals surface area (Å²) in [6, 6.07) is 7.47. The molecule has 32 heavy (non-hydrogen) atoms. The van der Waals surface area contributed by atoms with E-state index in [4.69, 9.17) is 27.9 Å². The van der Waals surface area contributed by atoms with Crippen molar-refractivity contribution in [2.24, 2.45) is 0 Å². The van der Waals surface area contributed by atoms with Crippen LogP contribution < -0.4 is 4.90 Å². The first-order valence-electron chi connectivity index (χ1n) is 9.01. The molecule has 0 bridgehead atoms. The predicted octanol–water partition coefficient (Wildman–Crippen LogP) is 5.88. The van der Waals surface area contributed by atoms with Crippen molar-refractivity contribution in [3.8, 4) is 0 Å². The highest BCUT2D eigenvalue weighted by Gasteiger charge is 2.71. The minimum atomic E-state index is -6.00. The van der Waals surface area contributed by atoms with E-state index in [1.807, 2.05) is 0 Å². The zero-order chi connectivity index (χ0) is 24.3. The molecular weight excluding hydrogens is 487 g/mol. The molecule has 0 heterocycles. The maximum Gasteiger partial charge on any atom is 0.430 e. The quantitative estimate of drug-likeness (QED) is 0.379. The number of nitrogens with zero attached hydrogens (tertiary/aromatic N) is 1. The highest BCUT2D eigenvalue weighted by atomic mass is 35.5. The molecule has 176 valence electrons. The zero-order valence-electron chi connectivity index (χ0n) is 16.4. The molecule has 0 aliphatic heterocycles. The average Bonchev–Trinajstić information content (AvgIpc) is 2.68. The summed E-state index contributed by atoms with van der Waals surface area (Å²) in [5.41, 5.74) is -5.78. The maximum atomic E-state index is 13.1. The smallest absolute Gasteiger partial charge is 0.430 e. The fraction of sp³-hybridized carbons (Fsp3) is 0.350. The van der Waals surface area contributed by atoms with Gasteiger partial charge in [0.1, 0.15) is 6.54 Å². The van der Waals surface area contributed by atoms with Crippen LogP contribution in [0.3, 0.4) is 0 Å². The number of hydrogen-bond acceptors (Lipinski definition) is 4. The van der Waals surface area contributed by atoms with Crippen LogP contribution in [-0.2, 0) is 21.7 Å². The molecule has 0 saturated heterocycles. The molecule has 0 amide bonds. The Morgan fingerprint density at radius 1 is 0.969 bits per heavy atom. The molecule has 0 saturated carbocycles. The van der Waals surface area contributed by atoms with Crippen LogP contribution in [0.4, 0.5) is 32.0 Å². The van der Waals surface area contributed by atoms with Gasteiger partial charge in [-0.05, 0) is 36.8 Å². The second kappa shape index (κ2) is 9.76. The molecule has 2 aromatic rings. The number of alkyl halides is 6. The fourth-order valence-corrected chi connectivity index (χ4v) is 3.18. The lowest BCUT2D eigenvalue weighted by Gasteiger charge is -2.33. The third kappa shape index (κ3) is 5.60. The van der Waals surface area contributed by atoms with Gasteiger partial charge in [0.05, 0.1) is 16.7 Å². The van der Waals surface area contributed by atoms with Crippen LogP contribution >= 0.6 is 23.2 Å². The summed E-state index contributed by atoms with van der Waals surface area (Å²) < 4.78 is 83.4. The standard InChI is InChI=1S/C20H17Cl2F6NO3/c1-2-32-17(30)11-29(10-12-3-8-15(21)16(22)9-12)14-6-4-13(5-7-14)18(31,19(23,24)25)20(26,27)28/h3-9,31H,2,10-11H2,1H3. The topological polar surface area (TPSA) is 49.8 Å². The molecule has 0 aliphatic rings. The largest absolute Gasteiger partial charge is 0.465 e. The highest BCUT2D eigenvalue weighted by molar-refractivity contribution is 6.42. The summed E-state index contributed by atoms with van der Waals surface area (Å²) in [4.78, 5) is 13.3. The molecule has 4 nitrogen and oxygen atoms in total. The monoisotopic (exact) mass is 503 g/mol. The number of carbonyl (C=O) groups excluding carboxylic acids is 1. The number of aliphatic hydroxyl groups is 1. The second-order valence-corrected chi connectivity index (χ2v) is 7.48. The Morgan fingerprint density at radius 3 is 2.00 bits per heavy atom. The second-order valence-electron chi connectivity index (χ2n) is 6.66. The van der Waals surface area contributed by atoms with E-state index in [9.17, 15) is 36.2 Å². The lowest BCUT2D eigenvalue weighted by molar-refractivity contribution is -0.376. The van der Waals surface area contributed by atoms with Crippen molar-refractivity contribution in [3.05, 3.63) is 63.6 Å². The predicted molar refractivity (Wildman–Crippen MR) is 107 cm³/mol. The van der Waals surface area contributed by atoms with Crippen LogP contribution in [0.15, 0.2) is 42.5 Å². The van der Waals surface area contributed by atoms with Gasteiger partial charge in [-0.15, -0.1) is 0 Å². The van der Waals surface area contributed by atoms with Crippen LogP contribution in [0, 0.1) is 0 Å². The SMILES string of the molecule is CCOC(=O)CN(Cc1ccc(Cl)c(Cl)c1)c1ccc(C(O)(C(F)(F)F)C(F)(F)F)cc1. The van der Waals surface area contributed by atoms with E-state index in [0.717, 1.165) is 12.1 Å². The van der Waals surface area contributed by atoms with Crippen LogP contribution in [0.2, 0.25) is 10.0 Å². The van der Waals surface area contributed by atoms with Gasteiger partial charge in [0.25, 0.3) is 5.60 Å². The Morgan fingerprint density at radius 2 is 1.53 bits per heavy atom. The van der Waals surface area contributed by atoms with Crippen molar-refractivity contribution in [1.82, 2.24) is 0 Å². The minimum absolute atomic E-state index is 0.0118. The molecule has 0 unspecified atom stereocenters. The lowest BCUT2D eigenvalue weighted by atomic mass is 9.92. The van der Waals surface area contributed by atoms with Gasteiger partial charge in [0.15, 0.2) is 0 Å². The molecule has 12 heteroatoms. The van der Waals surface area contributed by atoms with Gasteiger partial charge in [-0.2, -0.15) is 26.3 Å². The molecule has 0 spiro atoms. The summed E-state index contributed by atoms with van der Waals surface area (Å²) >= 11 is 11.8. The first kappa shape index (κ1) is 26.1. The Bertz CT molecular complexity index is 934. The van der Waals surface area contributed by atoms with Gasteiger partial charge in [0.2, 0.25) is 0 Å². The van der Waals surface area contributed by atoms with Gasteiger partial charge in [0, 0.05) is 17.8 Å². The van der Waals surface area contributed by atoms with Crippen molar-refractivity contribution in [2.75, 3.05) is 18.1 Å². The summed E-state index contributed by atoms with van der Waals surface area (Å²) in [6.07, 6.45) is -12.0. The summed E-state index contributed by atoms with van der Waals surface area (Å²) in [6.45, 7) is 1.31. The van der Waals surface area contributed by atoms with Crippen molar-refractivity contribution in [2.45, 2.75) is 31.4 Å². The summed E-state index contributed by atoms with van der Waals surface area (Å²) in [7, 11) is 0. The minimum Gasteiger partial charge on any atom is -0.465 e. The number of benzene rings is 2. The van der Waals surface area contributed by atoms with Crippen LogP contribution in [-0.4, -0.2) is 36.6 Å². The average molecular weight is 504 g/mol. The van der Waals surface area contributed by atoms with Crippen molar-refractivity contribution in [1.29, 1.82) is 0 Å². The van der Waals surface area contributed by atoms with Crippen LogP contribution in [0.5, 0.6) is 0 Å². The van der Waals surface area contributed by atoms with E-state index in [-0.39, 0.29) is 35.4 Å². The van der Waals surface area contributed by atoms with Crippen LogP contribution in [0.25, 0.3) is 0 Å². The first-order chi connectivity index (χ1) is 14.7. The third-order valence-electron chi connectivity index (χ3n) is 4.45. The number of anilines is 1. The molecule has 0 atom stereocenters. The molecule has 0 aromatic heterocycles. The first-order valence-corrected chi connectivity index (χ1v) is 9.77. The Balaban J connectivity index is 2.43. The molecule has 0 radical (unpaired) electrons. The highest BCUT2D eigenvalue weighted by Crippen LogP contribution is 2.50. The fourth-order valence-electron chi connectivity index (χ4n) is 2.86. The number of halogens is 8. The van der Waals surface area contributed by atoms with Crippen molar-refractivity contribution in [3.63, 3.8) is 0 Å². The summed E-state index contributed by atoms with van der Waals surface area (Å²) in [5, 5.41) is 10.0. The van der Waals surface area contributed by atoms with Crippen molar-refractivity contribution < 1.29 is 41.0 Å². The van der Waals surface area contributed by atoms with E-state index >= 15 is 0 Å². The number of ether oxygens (including phenoxy) is 1. The Hall–Kier alpha value is -2.17. The number of carbonyl (C=O) groups is 1. The zero-order valence-corrected chi connectivity index (χ0v) is 17.9. The van der Waals surface area contributed by atoms with E-state index in [1.165, 1.54) is 17.0 Å². The normalized spacial score (nSPS) is 12.6. The molecular formula is C20H17Cl2F6NO3. The molecule has 1 N–H and O–H groups in total. The van der Waals surface area contributed by atoms with Gasteiger partial charge in [-0.25, -0.2) is 0 Å². The van der Waals surface area contributed by atoms with Crippen LogP contribution in [0.1, 0.15) is 18.1 Å². The number of esters is 1. The van der Waals surface area contributed by atoms with Gasteiger partial charge in [-0.3, -0.25) is 4.79 Å². The Labute approximate surface area is 189 Å². The molecule has 0 aliphatic carbocycles. The van der Waals surface area contributed by atoms with E-state index < -0.39 is 29.5 Å². The van der Waals surface area contributed by atoms with E-state index in [2.05, 4.69) is 0 Å². The molecule has 0 fully saturated rings. The van der Waals surface area contributed by atoms with Gasteiger partial charge >= 0.3 is 18.3 Å². The Kier molecular flexibility index (Phi) is 7.96. The number of rotatable bonds is 7. The van der Waals surface area contributed by atoms with Crippen molar-refractivity contribution >= 4 is 34.9 Å². The maximum absolute atomic E-state index is 13.1. The van der Waals surface area contributed by atoms with E-state index in [1.54, 1.807) is 13.0 Å². The molecule has 2 rings (SSSR count). The summed E-state index contributed by atoms with van der Waals surface area (Å²) in [5.74, 6) is -0.668. The van der Waals surface area contributed by atoms with E-state index in [0.29, 0.717) is 17.7 Å². The third-order valence-corrected chi connectivity index (χ3v) is 5.19. The lowest BCUT2D eigenvalue weighted by Crippen LogP contribution is -2.53. The van der Waals surface area contributed by atoms with Gasteiger partial charge < -0.3 is 14.7 Å². The van der Waals surface area contributed by atoms with Gasteiger partial charge in [-0.1, -0.05) is 41.4 Å². The molecule has 2 aromatic carbocycles.